The Hall–Kier alpha value is -1.59. The van der Waals surface area contributed by atoms with Crippen LogP contribution in [0.3, 0.4) is 0 Å². The first-order valence-corrected chi connectivity index (χ1v) is 9.24. The number of nitrogens with zero attached hydrogens (tertiary/aromatic N) is 2. The molecule has 1 aromatic rings. The molecule has 1 amide bonds. The minimum atomic E-state index is 0.199. The quantitative estimate of drug-likeness (QED) is 0.895. The van der Waals surface area contributed by atoms with E-state index in [9.17, 15) is 4.79 Å². The number of nitrogens with one attached hydrogen (secondary N) is 1. The molecular weight excluding hydrogens is 302 g/mol. The number of likely N-dealkylation sites (tertiary alicyclic amines) is 1. The van der Waals surface area contributed by atoms with Gasteiger partial charge in [-0.25, -0.2) is 0 Å². The molecule has 1 aromatic carbocycles. The summed E-state index contributed by atoms with van der Waals surface area (Å²) >= 11 is 0. The lowest BCUT2D eigenvalue weighted by Gasteiger charge is -2.31. The molecule has 3 aliphatic heterocycles. The third kappa shape index (κ3) is 3.15. The van der Waals surface area contributed by atoms with E-state index in [2.05, 4.69) is 21.2 Å². The van der Waals surface area contributed by atoms with E-state index in [-0.39, 0.29) is 5.91 Å². The Labute approximate surface area is 144 Å². The number of benzene rings is 1. The van der Waals surface area contributed by atoms with Crippen molar-refractivity contribution < 1.29 is 9.53 Å². The lowest BCUT2D eigenvalue weighted by Crippen LogP contribution is -2.39. The van der Waals surface area contributed by atoms with E-state index in [4.69, 9.17) is 4.74 Å². The summed E-state index contributed by atoms with van der Waals surface area (Å²) in [7, 11) is 0. The fourth-order valence-corrected chi connectivity index (χ4v) is 4.33. The number of hydrogen-bond acceptors (Lipinski definition) is 4. The van der Waals surface area contributed by atoms with Gasteiger partial charge in [0, 0.05) is 31.9 Å². The van der Waals surface area contributed by atoms with E-state index in [0.717, 1.165) is 88.4 Å². The normalized spacial score (nSPS) is 27.7. The Morgan fingerprint density at radius 1 is 1.00 bits per heavy atom. The zero-order chi connectivity index (χ0) is 16.4. The minimum Gasteiger partial charge on any atom is -0.378 e. The van der Waals surface area contributed by atoms with Crippen LogP contribution >= 0.6 is 0 Å². The first-order valence-electron chi connectivity index (χ1n) is 9.24. The lowest BCUT2D eigenvalue weighted by atomic mass is 9.92. The van der Waals surface area contributed by atoms with Crippen molar-refractivity contribution in [2.75, 3.05) is 57.4 Å². The highest BCUT2D eigenvalue weighted by Crippen LogP contribution is 2.29. The number of para-hydroxylation sites is 1. The molecular formula is C19H27N3O2. The van der Waals surface area contributed by atoms with Crippen LogP contribution in [-0.2, 0) is 4.74 Å². The van der Waals surface area contributed by atoms with E-state index in [1.165, 1.54) is 0 Å². The summed E-state index contributed by atoms with van der Waals surface area (Å²) in [5.41, 5.74) is 1.92. The lowest BCUT2D eigenvalue weighted by molar-refractivity contribution is 0.0758. The van der Waals surface area contributed by atoms with Crippen LogP contribution in [0.1, 0.15) is 23.2 Å². The Morgan fingerprint density at radius 2 is 1.67 bits per heavy atom. The van der Waals surface area contributed by atoms with E-state index in [0.29, 0.717) is 0 Å². The molecule has 130 valence electrons. The average Bonchev–Trinajstić information content (AvgIpc) is 3.00. The highest BCUT2D eigenvalue weighted by molar-refractivity contribution is 5.99. The standard InChI is InChI=1S/C19H27N3O2/c23-19(22-7-5-15-13-20-14-16(15)6-8-22)17-3-1-2-4-18(17)21-9-11-24-12-10-21/h1-4,15-16,20H,5-14H2/t15-,16+. The first kappa shape index (κ1) is 15.9. The molecule has 2 atom stereocenters. The zero-order valence-electron chi connectivity index (χ0n) is 14.2. The number of rotatable bonds is 2. The SMILES string of the molecule is O=C(c1ccccc1N1CCOCC1)N1CC[C@@H]2CNC[C@@H]2CC1. The summed E-state index contributed by atoms with van der Waals surface area (Å²) in [5.74, 6) is 1.69. The van der Waals surface area contributed by atoms with Gasteiger partial charge in [-0.15, -0.1) is 0 Å². The topological polar surface area (TPSA) is 44.8 Å². The molecule has 0 aromatic heterocycles. The molecule has 5 heteroatoms. The molecule has 4 rings (SSSR count). The summed E-state index contributed by atoms with van der Waals surface area (Å²) in [6.07, 6.45) is 2.26. The Bertz CT molecular complexity index is 572. The second-order valence-electron chi connectivity index (χ2n) is 7.16. The fourth-order valence-electron chi connectivity index (χ4n) is 4.33. The van der Waals surface area contributed by atoms with Crippen LogP contribution in [0.4, 0.5) is 5.69 Å². The van der Waals surface area contributed by atoms with Gasteiger partial charge in [0.15, 0.2) is 0 Å². The van der Waals surface area contributed by atoms with Crippen molar-refractivity contribution >= 4 is 11.6 Å². The summed E-state index contributed by atoms with van der Waals surface area (Å²) in [4.78, 5) is 17.6. The van der Waals surface area contributed by atoms with E-state index in [1.807, 2.05) is 18.2 Å². The molecule has 3 heterocycles. The molecule has 1 N–H and O–H groups in total. The largest absolute Gasteiger partial charge is 0.378 e. The average molecular weight is 329 g/mol. The number of ether oxygens (including phenoxy) is 1. The van der Waals surface area contributed by atoms with Crippen LogP contribution in [0.5, 0.6) is 0 Å². The maximum absolute atomic E-state index is 13.2. The molecule has 0 aliphatic carbocycles. The highest BCUT2D eigenvalue weighted by Gasteiger charge is 2.32. The number of amides is 1. The number of carbonyl (C=O) groups is 1. The Kier molecular flexibility index (Phi) is 4.72. The number of anilines is 1. The fraction of sp³-hybridized carbons (Fsp3) is 0.632. The van der Waals surface area contributed by atoms with Gasteiger partial charge in [-0.2, -0.15) is 0 Å². The van der Waals surface area contributed by atoms with Crippen molar-refractivity contribution in [2.45, 2.75) is 12.8 Å². The summed E-state index contributed by atoms with van der Waals surface area (Å²) < 4.78 is 5.45. The van der Waals surface area contributed by atoms with Gasteiger partial charge in [-0.3, -0.25) is 4.79 Å². The first-order chi connectivity index (χ1) is 11.8. The van der Waals surface area contributed by atoms with Crippen LogP contribution in [0.15, 0.2) is 24.3 Å². The second-order valence-corrected chi connectivity index (χ2v) is 7.16. The highest BCUT2D eigenvalue weighted by atomic mass is 16.5. The molecule has 0 bridgehead atoms. The van der Waals surface area contributed by atoms with Crippen LogP contribution in [0, 0.1) is 11.8 Å². The van der Waals surface area contributed by atoms with Gasteiger partial charge in [0.25, 0.3) is 5.91 Å². The van der Waals surface area contributed by atoms with Crippen LogP contribution in [-0.4, -0.2) is 63.3 Å². The van der Waals surface area contributed by atoms with Crippen molar-refractivity contribution in [3.8, 4) is 0 Å². The molecule has 3 fully saturated rings. The molecule has 0 unspecified atom stereocenters. The summed E-state index contributed by atoms with van der Waals surface area (Å²) in [5, 5.41) is 3.50. The molecule has 3 aliphatic rings. The van der Waals surface area contributed by atoms with Gasteiger partial charge in [0.05, 0.1) is 18.8 Å². The van der Waals surface area contributed by atoms with Crippen molar-refractivity contribution in [3.05, 3.63) is 29.8 Å². The van der Waals surface area contributed by atoms with Gasteiger partial charge >= 0.3 is 0 Å². The van der Waals surface area contributed by atoms with E-state index >= 15 is 0 Å². The maximum atomic E-state index is 13.2. The molecule has 5 nitrogen and oxygen atoms in total. The predicted octanol–water partition coefficient (Wildman–Crippen LogP) is 1.59. The molecule has 0 radical (unpaired) electrons. The molecule has 24 heavy (non-hydrogen) atoms. The smallest absolute Gasteiger partial charge is 0.255 e. The van der Waals surface area contributed by atoms with E-state index < -0.39 is 0 Å². The number of fused-ring (bicyclic) bond motifs is 1. The van der Waals surface area contributed by atoms with Gasteiger partial charge in [0.2, 0.25) is 0 Å². The van der Waals surface area contributed by atoms with Crippen LogP contribution in [0.2, 0.25) is 0 Å². The van der Waals surface area contributed by atoms with Crippen molar-refractivity contribution in [3.63, 3.8) is 0 Å². The molecule has 0 saturated carbocycles. The third-order valence-electron chi connectivity index (χ3n) is 5.79. The van der Waals surface area contributed by atoms with Crippen molar-refractivity contribution in [1.82, 2.24) is 10.2 Å². The number of hydrogen-bond donors (Lipinski definition) is 1. The van der Waals surface area contributed by atoms with Gasteiger partial charge in [-0.1, -0.05) is 12.1 Å². The Balaban J connectivity index is 1.51. The van der Waals surface area contributed by atoms with Crippen LogP contribution < -0.4 is 10.2 Å². The number of morpholine rings is 1. The third-order valence-corrected chi connectivity index (χ3v) is 5.79. The summed E-state index contributed by atoms with van der Waals surface area (Å²) in [6, 6.07) is 8.07. The van der Waals surface area contributed by atoms with Crippen molar-refractivity contribution in [1.29, 1.82) is 0 Å². The predicted molar refractivity (Wildman–Crippen MR) is 94.5 cm³/mol. The monoisotopic (exact) mass is 329 g/mol. The van der Waals surface area contributed by atoms with Gasteiger partial charge in [-0.05, 0) is 49.9 Å². The van der Waals surface area contributed by atoms with E-state index in [1.54, 1.807) is 0 Å². The maximum Gasteiger partial charge on any atom is 0.255 e. The number of carbonyl (C=O) groups excluding carboxylic acids is 1. The summed E-state index contributed by atoms with van der Waals surface area (Å²) in [6.45, 7) is 7.22. The van der Waals surface area contributed by atoms with Gasteiger partial charge < -0.3 is 19.9 Å². The second kappa shape index (κ2) is 7.11. The molecule has 0 spiro atoms. The molecule has 3 saturated heterocycles. The van der Waals surface area contributed by atoms with Crippen LogP contribution in [0.25, 0.3) is 0 Å². The van der Waals surface area contributed by atoms with Gasteiger partial charge in [0.1, 0.15) is 0 Å². The Morgan fingerprint density at radius 3 is 2.38 bits per heavy atom. The minimum absolute atomic E-state index is 0.199. The zero-order valence-corrected chi connectivity index (χ0v) is 14.2. The van der Waals surface area contributed by atoms with Crippen molar-refractivity contribution in [2.24, 2.45) is 11.8 Å².